The Morgan fingerprint density at radius 3 is 2.54 bits per heavy atom. The maximum atomic E-state index is 5.42. The average molecular weight is 451 g/mol. The van der Waals surface area contributed by atoms with Crippen molar-refractivity contribution in [1.82, 2.24) is 10.6 Å². The van der Waals surface area contributed by atoms with Gasteiger partial charge in [-0.25, -0.2) is 0 Å². The van der Waals surface area contributed by atoms with E-state index in [9.17, 15) is 0 Å². The molecule has 138 valence electrons. The zero-order valence-electron chi connectivity index (χ0n) is 15.1. The molecule has 0 fully saturated rings. The van der Waals surface area contributed by atoms with E-state index in [1.165, 1.54) is 5.56 Å². The number of ether oxygens (including phenoxy) is 3. The Morgan fingerprint density at radius 2 is 1.88 bits per heavy atom. The van der Waals surface area contributed by atoms with Gasteiger partial charge < -0.3 is 24.8 Å². The van der Waals surface area contributed by atoms with Crippen LogP contribution in [-0.4, -0.2) is 53.6 Å². The summed E-state index contributed by atoms with van der Waals surface area (Å²) in [7, 11) is 5.12. The number of nitrogens with zero attached hydrogens (tertiary/aromatic N) is 1. The lowest BCUT2D eigenvalue weighted by atomic mass is 10.1. The zero-order valence-corrected chi connectivity index (χ0v) is 17.4. The number of halogens is 1. The van der Waals surface area contributed by atoms with E-state index >= 15 is 0 Å². The standard InChI is InChI=1S/C17H29N3O3.HI/c1-14-10-15(12-16(11-14)22-4)13-20-17(18-2)19-6-5-7-23-9-8-21-3;/h10-12H,5-9,13H2,1-4H3,(H2,18,19,20);1H. The predicted octanol–water partition coefficient (Wildman–Crippen LogP) is 2.34. The number of methoxy groups -OCH3 is 2. The molecule has 0 amide bonds. The van der Waals surface area contributed by atoms with E-state index in [4.69, 9.17) is 14.2 Å². The summed E-state index contributed by atoms with van der Waals surface area (Å²) < 4.78 is 15.6. The van der Waals surface area contributed by atoms with Gasteiger partial charge in [0.05, 0.1) is 20.3 Å². The van der Waals surface area contributed by atoms with Crippen LogP contribution in [-0.2, 0) is 16.0 Å². The Hall–Kier alpha value is -1.06. The topological polar surface area (TPSA) is 64.1 Å². The van der Waals surface area contributed by atoms with Crippen LogP contribution in [0.5, 0.6) is 5.75 Å². The number of aryl methyl sites for hydroxylation is 1. The third-order valence-corrected chi connectivity index (χ3v) is 3.22. The largest absolute Gasteiger partial charge is 0.497 e. The number of benzene rings is 1. The minimum Gasteiger partial charge on any atom is -0.497 e. The molecule has 24 heavy (non-hydrogen) atoms. The van der Waals surface area contributed by atoms with E-state index in [1.807, 2.05) is 12.1 Å². The van der Waals surface area contributed by atoms with Crippen LogP contribution in [0.25, 0.3) is 0 Å². The fourth-order valence-corrected chi connectivity index (χ4v) is 2.08. The first-order chi connectivity index (χ1) is 11.2. The number of hydrogen-bond donors (Lipinski definition) is 2. The molecule has 0 heterocycles. The number of hydrogen-bond acceptors (Lipinski definition) is 4. The zero-order chi connectivity index (χ0) is 16.9. The quantitative estimate of drug-likeness (QED) is 0.248. The van der Waals surface area contributed by atoms with Crippen molar-refractivity contribution in [2.75, 3.05) is 47.6 Å². The Balaban J connectivity index is 0.00000529. The van der Waals surface area contributed by atoms with Gasteiger partial charge in [0.25, 0.3) is 0 Å². The van der Waals surface area contributed by atoms with Crippen LogP contribution in [0.3, 0.4) is 0 Å². The second-order valence-corrected chi connectivity index (χ2v) is 5.17. The second-order valence-electron chi connectivity index (χ2n) is 5.17. The summed E-state index contributed by atoms with van der Waals surface area (Å²) in [5, 5.41) is 6.57. The Labute approximate surface area is 162 Å². The monoisotopic (exact) mass is 451 g/mol. The maximum Gasteiger partial charge on any atom is 0.191 e. The van der Waals surface area contributed by atoms with Crippen LogP contribution < -0.4 is 15.4 Å². The Kier molecular flexibility index (Phi) is 13.7. The molecule has 0 aromatic heterocycles. The van der Waals surface area contributed by atoms with Crippen LogP contribution in [0.15, 0.2) is 23.2 Å². The molecule has 6 nitrogen and oxygen atoms in total. The lowest BCUT2D eigenvalue weighted by Gasteiger charge is -2.13. The third-order valence-electron chi connectivity index (χ3n) is 3.22. The van der Waals surface area contributed by atoms with Gasteiger partial charge >= 0.3 is 0 Å². The highest BCUT2D eigenvalue weighted by molar-refractivity contribution is 14.0. The molecule has 0 unspecified atom stereocenters. The van der Waals surface area contributed by atoms with E-state index in [2.05, 4.69) is 28.6 Å². The average Bonchev–Trinajstić information content (AvgIpc) is 2.56. The molecule has 1 aromatic carbocycles. The van der Waals surface area contributed by atoms with Crippen LogP contribution in [0.4, 0.5) is 0 Å². The van der Waals surface area contributed by atoms with Crippen molar-refractivity contribution in [3.05, 3.63) is 29.3 Å². The molecule has 0 spiro atoms. The molecular formula is C17H30IN3O3. The van der Waals surface area contributed by atoms with Gasteiger partial charge in [-0.1, -0.05) is 6.07 Å². The minimum absolute atomic E-state index is 0. The number of nitrogens with one attached hydrogen (secondary N) is 2. The highest BCUT2D eigenvalue weighted by Crippen LogP contribution is 2.16. The molecule has 1 aromatic rings. The van der Waals surface area contributed by atoms with Gasteiger partial charge in [0.15, 0.2) is 5.96 Å². The number of guanidine groups is 1. The summed E-state index contributed by atoms with van der Waals surface area (Å²) in [4.78, 5) is 4.22. The fraction of sp³-hybridized carbons (Fsp3) is 0.588. The normalized spacial score (nSPS) is 10.9. The third kappa shape index (κ3) is 9.94. The number of rotatable bonds is 10. The summed E-state index contributed by atoms with van der Waals surface area (Å²) in [5.41, 5.74) is 2.34. The molecule has 0 radical (unpaired) electrons. The van der Waals surface area contributed by atoms with Gasteiger partial charge in [-0.3, -0.25) is 4.99 Å². The molecule has 0 aliphatic rings. The van der Waals surface area contributed by atoms with Crippen molar-refractivity contribution in [2.45, 2.75) is 19.9 Å². The lowest BCUT2D eigenvalue weighted by molar-refractivity contribution is 0.0698. The molecule has 0 bridgehead atoms. The molecule has 1 rings (SSSR count). The van der Waals surface area contributed by atoms with E-state index in [-0.39, 0.29) is 24.0 Å². The van der Waals surface area contributed by atoms with E-state index in [0.717, 1.165) is 30.2 Å². The van der Waals surface area contributed by atoms with Crippen molar-refractivity contribution < 1.29 is 14.2 Å². The van der Waals surface area contributed by atoms with Gasteiger partial charge in [0.2, 0.25) is 0 Å². The van der Waals surface area contributed by atoms with E-state index in [0.29, 0.717) is 26.4 Å². The van der Waals surface area contributed by atoms with E-state index < -0.39 is 0 Å². The number of aliphatic imine (C=N–C) groups is 1. The van der Waals surface area contributed by atoms with Crippen molar-refractivity contribution in [3.8, 4) is 5.75 Å². The van der Waals surface area contributed by atoms with Crippen LogP contribution >= 0.6 is 24.0 Å². The molecule has 0 aliphatic carbocycles. The van der Waals surface area contributed by atoms with Gasteiger partial charge in [-0.2, -0.15) is 0 Å². The predicted molar refractivity (Wildman–Crippen MR) is 109 cm³/mol. The first kappa shape index (κ1) is 22.9. The molecule has 2 N–H and O–H groups in total. The highest BCUT2D eigenvalue weighted by Gasteiger charge is 2.01. The van der Waals surface area contributed by atoms with E-state index in [1.54, 1.807) is 21.3 Å². The highest BCUT2D eigenvalue weighted by atomic mass is 127. The summed E-state index contributed by atoms with van der Waals surface area (Å²) in [6.45, 7) is 5.55. The first-order valence-electron chi connectivity index (χ1n) is 7.85. The molecule has 0 atom stereocenters. The SMILES string of the molecule is CN=C(NCCCOCCOC)NCc1cc(C)cc(OC)c1.I. The van der Waals surface area contributed by atoms with Gasteiger partial charge in [0, 0.05) is 33.9 Å². The van der Waals surface area contributed by atoms with Gasteiger partial charge in [0.1, 0.15) is 5.75 Å². The van der Waals surface area contributed by atoms with Crippen molar-refractivity contribution in [3.63, 3.8) is 0 Å². The summed E-state index contributed by atoms with van der Waals surface area (Å²) in [5.74, 6) is 1.65. The molecule has 0 aliphatic heterocycles. The lowest BCUT2D eigenvalue weighted by Crippen LogP contribution is -2.37. The molecule has 0 saturated carbocycles. The van der Waals surface area contributed by atoms with Crippen molar-refractivity contribution in [1.29, 1.82) is 0 Å². The maximum absolute atomic E-state index is 5.42. The van der Waals surface area contributed by atoms with Crippen molar-refractivity contribution in [2.24, 2.45) is 4.99 Å². The molecular weight excluding hydrogens is 421 g/mol. The van der Waals surface area contributed by atoms with Crippen LogP contribution in [0.2, 0.25) is 0 Å². The van der Waals surface area contributed by atoms with Crippen LogP contribution in [0.1, 0.15) is 17.5 Å². The van der Waals surface area contributed by atoms with Crippen molar-refractivity contribution >= 4 is 29.9 Å². The van der Waals surface area contributed by atoms with Gasteiger partial charge in [-0.05, 0) is 36.6 Å². The van der Waals surface area contributed by atoms with Crippen LogP contribution in [0, 0.1) is 6.92 Å². The Bertz CT molecular complexity index is 484. The summed E-state index contributed by atoms with van der Waals surface area (Å²) >= 11 is 0. The smallest absolute Gasteiger partial charge is 0.191 e. The Morgan fingerprint density at radius 1 is 1.08 bits per heavy atom. The van der Waals surface area contributed by atoms with Gasteiger partial charge in [-0.15, -0.1) is 24.0 Å². The molecule has 7 heteroatoms. The summed E-state index contributed by atoms with van der Waals surface area (Å²) in [6.07, 6.45) is 0.919. The molecule has 0 saturated heterocycles. The summed E-state index contributed by atoms with van der Waals surface area (Å²) in [6, 6.07) is 6.17. The first-order valence-corrected chi connectivity index (χ1v) is 7.85. The fourth-order valence-electron chi connectivity index (χ4n) is 2.08. The second kappa shape index (κ2) is 14.3. The minimum atomic E-state index is 0.